The number of rotatable bonds is 3. The summed E-state index contributed by atoms with van der Waals surface area (Å²) in [4.78, 5) is 19.7. The molecule has 0 radical (unpaired) electrons. The van der Waals surface area contributed by atoms with Crippen LogP contribution in [-0.4, -0.2) is 23.0 Å². The van der Waals surface area contributed by atoms with Gasteiger partial charge in [-0.2, -0.15) is 0 Å². The molecule has 1 atom stereocenters. The summed E-state index contributed by atoms with van der Waals surface area (Å²) in [6.07, 6.45) is 2.31. The van der Waals surface area contributed by atoms with Crippen molar-refractivity contribution in [3.63, 3.8) is 0 Å². The van der Waals surface area contributed by atoms with E-state index in [1.807, 2.05) is 0 Å². The van der Waals surface area contributed by atoms with Gasteiger partial charge in [-0.25, -0.2) is 0 Å². The van der Waals surface area contributed by atoms with E-state index in [-0.39, 0.29) is 17.9 Å². The predicted molar refractivity (Wildman–Crippen MR) is 45.6 cm³/mol. The average molecular weight is 200 g/mol. The number of hydrogen-bond acceptors (Lipinski definition) is 5. The van der Waals surface area contributed by atoms with Crippen molar-refractivity contribution in [1.82, 2.24) is 0 Å². The lowest BCUT2D eigenvalue weighted by Gasteiger charge is -2.10. The first-order valence-corrected chi connectivity index (χ1v) is 3.79. The van der Waals surface area contributed by atoms with Gasteiger partial charge in [-0.05, 0) is 12.2 Å². The average Bonchev–Trinajstić information content (AvgIpc) is 2.16. The lowest BCUT2D eigenvalue weighted by molar-refractivity contribution is -0.518. The third kappa shape index (κ3) is 1.87. The van der Waals surface area contributed by atoms with Gasteiger partial charge >= 0.3 is 0 Å². The lowest BCUT2D eigenvalue weighted by atomic mass is 10.1. The zero-order valence-corrected chi connectivity index (χ0v) is 7.37. The number of ether oxygens (including phenoxy) is 1. The minimum Gasteiger partial charge on any atom is -0.490 e. The quantitative estimate of drug-likeness (QED) is 0.494. The minimum atomic E-state index is -1.03. The van der Waals surface area contributed by atoms with Crippen molar-refractivity contribution in [1.29, 1.82) is 0 Å². The molecule has 1 rings (SSSR count). The van der Waals surface area contributed by atoms with Gasteiger partial charge in [0.15, 0.2) is 5.76 Å². The second-order valence-corrected chi connectivity index (χ2v) is 2.69. The Morgan fingerprint density at radius 2 is 2.14 bits per heavy atom. The van der Waals surface area contributed by atoms with Crippen molar-refractivity contribution >= 4 is 0 Å². The third-order valence-electron chi connectivity index (χ3n) is 1.87. The first-order chi connectivity index (χ1) is 6.56. The Bertz CT molecular complexity index is 333. The van der Waals surface area contributed by atoms with Crippen molar-refractivity contribution in [2.75, 3.05) is 7.11 Å². The Balaban J connectivity index is 2.95. The zero-order chi connectivity index (χ0) is 10.7. The summed E-state index contributed by atoms with van der Waals surface area (Å²) in [6, 6.07) is -1.03. The van der Waals surface area contributed by atoms with Gasteiger partial charge in [0.1, 0.15) is 6.42 Å². The molecule has 0 saturated heterocycles. The highest BCUT2D eigenvalue weighted by molar-refractivity contribution is 5.22. The normalized spacial score (nSPS) is 20.8. The largest absolute Gasteiger partial charge is 0.490 e. The smallest absolute Gasteiger partial charge is 0.294 e. The summed E-state index contributed by atoms with van der Waals surface area (Å²) in [7, 11) is 1.29. The van der Waals surface area contributed by atoms with Crippen molar-refractivity contribution in [3.05, 3.63) is 43.8 Å². The maximum atomic E-state index is 10.5. The minimum absolute atomic E-state index is 0.0769. The van der Waals surface area contributed by atoms with E-state index in [1.54, 1.807) is 0 Å². The molecule has 0 aromatic carbocycles. The first kappa shape index (κ1) is 10.2. The van der Waals surface area contributed by atoms with E-state index < -0.39 is 15.9 Å². The molecule has 0 heterocycles. The zero-order valence-electron chi connectivity index (χ0n) is 7.37. The second-order valence-electron chi connectivity index (χ2n) is 2.69. The summed E-state index contributed by atoms with van der Waals surface area (Å²) in [5.74, 6) is 0.0769. The Morgan fingerprint density at radius 1 is 1.50 bits per heavy atom. The fourth-order valence-corrected chi connectivity index (χ4v) is 1.16. The molecular weight excluding hydrogens is 192 g/mol. The van der Waals surface area contributed by atoms with Gasteiger partial charge in [-0.15, -0.1) is 0 Å². The molecule has 7 heteroatoms. The Morgan fingerprint density at radius 3 is 2.57 bits per heavy atom. The molecule has 1 unspecified atom stereocenters. The van der Waals surface area contributed by atoms with Crippen LogP contribution < -0.4 is 0 Å². The van der Waals surface area contributed by atoms with Gasteiger partial charge in [0, 0.05) is 4.92 Å². The molecule has 7 nitrogen and oxygen atoms in total. The number of methoxy groups -OCH3 is 1. The summed E-state index contributed by atoms with van der Waals surface area (Å²) in [5.41, 5.74) is -0.253. The second kappa shape index (κ2) is 3.86. The van der Waals surface area contributed by atoms with E-state index in [0.717, 1.165) is 0 Å². The molecular formula is C7H8N2O5. The highest BCUT2D eigenvalue weighted by atomic mass is 16.6. The molecule has 0 bridgehead atoms. The van der Waals surface area contributed by atoms with Crippen LogP contribution in [0.25, 0.3) is 0 Å². The number of allylic oxidation sites excluding steroid dienone is 1. The Hall–Kier alpha value is -1.92. The molecule has 0 fully saturated rings. The number of nitrogens with zero attached hydrogens (tertiary/aromatic N) is 2. The summed E-state index contributed by atoms with van der Waals surface area (Å²) in [6.45, 7) is 0. The molecule has 14 heavy (non-hydrogen) atoms. The van der Waals surface area contributed by atoms with Crippen LogP contribution in [0.2, 0.25) is 0 Å². The van der Waals surface area contributed by atoms with Crippen molar-refractivity contribution in [3.8, 4) is 0 Å². The highest BCUT2D eigenvalue weighted by Gasteiger charge is 2.32. The van der Waals surface area contributed by atoms with Gasteiger partial charge in [0.05, 0.1) is 12.0 Å². The van der Waals surface area contributed by atoms with Crippen LogP contribution in [0.1, 0.15) is 6.42 Å². The van der Waals surface area contributed by atoms with Crippen LogP contribution in [0.3, 0.4) is 0 Å². The Labute approximate surface area is 79.0 Å². The van der Waals surface area contributed by atoms with Gasteiger partial charge in [-0.1, -0.05) is 0 Å². The van der Waals surface area contributed by atoms with Crippen LogP contribution in [0.5, 0.6) is 0 Å². The molecule has 0 N–H and O–H groups in total. The molecule has 0 spiro atoms. The van der Waals surface area contributed by atoms with Crippen molar-refractivity contribution in [2.45, 2.75) is 12.5 Å². The molecule has 0 aromatic rings. The van der Waals surface area contributed by atoms with E-state index >= 15 is 0 Å². The third-order valence-corrected chi connectivity index (χ3v) is 1.87. The monoisotopic (exact) mass is 200 g/mol. The lowest BCUT2D eigenvalue weighted by Crippen LogP contribution is -2.23. The van der Waals surface area contributed by atoms with E-state index in [4.69, 9.17) is 4.74 Å². The fourth-order valence-electron chi connectivity index (χ4n) is 1.16. The van der Waals surface area contributed by atoms with Gasteiger partial charge < -0.3 is 4.74 Å². The fraction of sp³-hybridized carbons (Fsp3) is 0.429. The summed E-state index contributed by atoms with van der Waals surface area (Å²) >= 11 is 0. The van der Waals surface area contributed by atoms with Crippen LogP contribution in [-0.2, 0) is 4.74 Å². The molecule has 1 aliphatic carbocycles. The van der Waals surface area contributed by atoms with E-state index in [2.05, 4.69) is 0 Å². The maximum absolute atomic E-state index is 10.5. The van der Waals surface area contributed by atoms with E-state index in [1.165, 1.54) is 19.3 Å². The van der Waals surface area contributed by atoms with E-state index in [0.29, 0.717) is 0 Å². The van der Waals surface area contributed by atoms with Crippen molar-refractivity contribution in [2.24, 2.45) is 0 Å². The number of hydrogen-bond donors (Lipinski definition) is 0. The number of nitro groups is 2. The molecule has 0 amide bonds. The first-order valence-electron chi connectivity index (χ1n) is 3.79. The van der Waals surface area contributed by atoms with Gasteiger partial charge in [0.2, 0.25) is 6.04 Å². The van der Waals surface area contributed by atoms with Crippen LogP contribution in [0, 0.1) is 20.2 Å². The van der Waals surface area contributed by atoms with Gasteiger partial charge in [0.25, 0.3) is 5.70 Å². The Kier molecular flexibility index (Phi) is 2.80. The van der Waals surface area contributed by atoms with E-state index in [9.17, 15) is 20.2 Å². The van der Waals surface area contributed by atoms with Crippen LogP contribution in [0.4, 0.5) is 0 Å². The maximum Gasteiger partial charge on any atom is 0.294 e. The summed E-state index contributed by atoms with van der Waals surface area (Å²) in [5, 5.41) is 20.9. The molecule has 0 aliphatic heterocycles. The van der Waals surface area contributed by atoms with Crippen molar-refractivity contribution < 1.29 is 14.6 Å². The standard InChI is InChI=1S/C7H8N2O5/c1-14-7-3-2-5(8(10)11)4-6(7)9(12)13/h2-3,5H,4H2,1H3. The van der Waals surface area contributed by atoms with Gasteiger partial charge in [-0.3, -0.25) is 20.2 Å². The molecule has 0 saturated carbocycles. The van der Waals surface area contributed by atoms with Crippen LogP contribution in [0.15, 0.2) is 23.6 Å². The molecule has 1 aliphatic rings. The SMILES string of the molecule is COC1=C([N+](=O)[O-])CC([N+](=O)[O-])C=C1. The summed E-state index contributed by atoms with van der Waals surface area (Å²) < 4.78 is 4.72. The molecule has 76 valence electrons. The highest BCUT2D eigenvalue weighted by Crippen LogP contribution is 2.21. The predicted octanol–water partition coefficient (Wildman–Crippen LogP) is 0.726. The van der Waals surface area contributed by atoms with Crippen LogP contribution >= 0.6 is 0 Å². The molecule has 0 aromatic heterocycles. The topological polar surface area (TPSA) is 95.5 Å².